The van der Waals surface area contributed by atoms with Crippen LogP contribution in [-0.4, -0.2) is 29.8 Å². The minimum Gasteiger partial charge on any atom is -0.299 e. The third-order valence-corrected chi connectivity index (χ3v) is 7.55. The molecule has 2 aromatic carbocycles. The maximum absolute atomic E-state index is 12.9. The quantitative estimate of drug-likeness (QED) is 0.262. The molecule has 2 aromatic heterocycles. The van der Waals surface area contributed by atoms with Crippen LogP contribution in [0, 0.1) is 5.92 Å². The van der Waals surface area contributed by atoms with Gasteiger partial charge in [-0.25, -0.2) is 9.89 Å². The molecule has 1 aliphatic rings. The zero-order valence-electron chi connectivity index (χ0n) is 21.0. The zero-order chi connectivity index (χ0) is 24.6. The molecule has 4 aromatic rings. The Bertz CT molecular complexity index is 1270. The molecule has 1 saturated carbocycles. The number of imidazole rings is 1. The summed E-state index contributed by atoms with van der Waals surface area (Å²) in [6.45, 7) is 1.38. The topological polar surface area (TPSA) is 81.4 Å². The summed E-state index contributed by atoms with van der Waals surface area (Å²) in [5, 5.41) is 14.3. The van der Waals surface area contributed by atoms with Gasteiger partial charge in [0.1, 0.15) is 0 Å². The number of hydrogen-bond acceptors (Lipinski definition) is 4. The van der Waals surface area contributed by atoms with Crippen molar-refractivity contribution in [3.63, 3.8) is 0 Å². The fraction of sp³-hybridized carbons (Fsp3) is 0.448. The van der Waals surface area contributed by atoms with Crippen LogP contribution in [0.5, 0.6) is 0 Å². The van der Waals surface area contributed by atoms with Gasteiger partial charge in [0.05, 0.1) is 6.54 Å². The molecular formula is C29H36N6O. The van der Waals surface area contributed by atoms with Gasteiger partial charge in [0.2, 0.25) is 0 Å². The van der Waals surface area contributed by atoms with Gasteiger partial charge in [-0.3, -0.25) is 9.13 Å². The molecule has 5 rings (SSSR count). The lowest BCUT2D eigenvalue weighted by Crippen LogP contribution is -2.24. The van der Waals surface area contributed by atoms with E-state index in [1.165, 1.54) is 57.8 Å². The number of aryl methyl sites for hydroxylation is 1. The van der Waals surface area contributed by atoms with Crippen LogP contribution in [-0.2, 0) is 13.1 Å². The van der Waals surface area contributed by atoms with E-state index in [1.807, 2.05) is 35.2 Å². The average Bonchev–Trinajstić information content (AvgIpc) is 3.58. The molecule has 36 heavy (non-hydrogen) atoms. The first-order valence-corrected chi connectivity index (χ1v) is 13.5. The van der Waals surface area contributed by atoms with Crippen molar-refractivity contribution in [1.29, 1.82) is 0 Å². The summed E-state index contributed by atoms with van der Waals surface area (Å²) in [6, 6.07) is 16.4. The van der Waals surface area contributed by atoms with Gasteiger partial charge >= 0.3 is 5.69 Å². The Balaban J connectivity index is 1.13. The van der Waals surface area contributed by atoms with E-state index >= 15 is 0 Å². The summed E-state index contributed by atoms with van der Waals surface area (Å²) in [5.41, 5.74) is 4.27. The molecule has 0 atom stereocenters. The highest BCUT2D eigenvalue weighted by atomic mass is 16.1. The molecule has 7 nitrogen and oxygen atoms in total. The van der Waals surface area contributed by atoms with Crippen LogP contribution in [0.4, 0.5) is 0 Å². The Kier molecular flexibility index (Phi) is 8.06. The molecule has 0 radical (unpaired) electrons. The minimum atomic E-state index is 0.0736. The Labute approximate surface area is 212 Å². The molecule has 0 saturated heterocycles. The van der Waals surface area contributed by atoms with E-state index in [2.05, 4.69) is 51.0 Å². The first-order chi connectivity index (χ1) is 17.8. The van der Waals surface area contributed by atoms with Crippen molar-refractivity contribution in [3.05, 3.63) is 77.0 Å². The standard InChI is InChI=1S/C29H36N6O/c36-29-34(19-9-2-1-4-10-23-11-5-3-6-12-23)20-21-35(29)22-24-15-17-25(18-16-24)26-13-7-8-14-27(26)28-30-32-33-31-28/h7-8,13-18,20-21,23H,1-6,9-12,19,22H2,(H,30,31,32,33). The number of aromatic nitrogens is 6. The number of benzene rings is 2. The van der Waals surface area contributed by atoms with Crippen LogP contribution in [0.3, 0.4) is 0 Å². The minimum absolute atomic E-state index is 0.0736. The predicted molar refractivity (Wildman–Crippen MR) is 143 cm³/mol. The van der Waals surface area contributed by atoms with E-state index in [-0.39, 0.29) is 5.69 Å². The Hall–Kier alpha value is -3.48. The molecule has 0 amide bonds. The van der Waals surface area contributed by atoms with Gasteiger partial charge in [0, 0.05) is 24.5 Å². The molecule has 0 bridgehead atoms. The van der Waals surface area contributed by atoms with Crippen LogP contribution < -0.4 is 5.69 Å². The number of tetrazole rings is 1. The van der Waals surface area contributed by atoms with Gasteiger partial charge in [0.25, 0.3) is 0 Å². The fourth-order valence-corrected chi connectivity index (χ4v) is 5.49. The molecular weight excluding hydrogens is 448 g/mol. The lowest BCUT2D eigenvalue weighted by molar-refractivity contribution is 0.327. The third kappa shape index (κ3) is 6.01. The number of unbranched alkanes of at least 4 members (excludes halogenated alkanes) is 3. The molecule has 0 spiro atoms. The largest absolute Gasteiger partial charge is 0.328 e. The van der Waals surface area contributed by atoms with Crippen molar-refractivity contribution in [2.24, 2.45) is 5.92 Å². The SMILES string of the molecule is O=c1n(CCCCCCC2CCCCC2)ccn1Cc1ccc(-c2ccccc2-c2nnn[nH]2)cc1. The molecule has 7 heteroatoms. The van der Waals surface area contributed by atoms with Crippen LogP contribution in [0.15, 0.2) is 65.7 Å². The Morgan fingerprint density at radius 3 is 2.36 bits per heavy atom. The van der Waals surface area contributed by atoms with Gasteiger partial charge < -0.3 is 0 Å². The molecule has 1 N–H and O–H groups in total. The number of hydrogen-bond donors (Lipinski definition) is 1. The van der Waals surface area contributed by atoms with Crippen LogP contribution >= 0.6 is 0 Å². The van der Waals surface area contributed by atoms with E-state index in [1.54, 1.807) is 4.57 Å². The molecule has 1 aliphatic carbocycles. The summed E-state index contributed by atoms with van der Waals surface area (Å²) in [6.07, 6.45) is 17.3. The first kappa shape index (κ1) is 24.2. The lowest BCUT2D eigenvalue weighted by atomic mass is 9.85. The maximum Gasteiger partial charge on any atom is 0.328 e. The van der Waals surface area contributed by atoms with E-state index in [4.69, 9.17) is 0 Å². The van der Waals surface area contributed by atoms with E-state index in [9.17, 15) is 4.79 Å². The van der Waals surface area contributed by atoms with Crippen LogP contribution in [0.1, 0.15) is 69.8 Å². The molecule has 2 heterocycles. The molecule has 188 valence electrons. The van der Waals surface area contributed by atoms with E-state index in [0.29, 0.717) is 12.4 Å². The summed E-state index contributed by atoms with van der Waals surface area (Å²) in [7, 11) is 0. The first-order valence-electron chi connectivity index (χ1n) is 13.5. The van der Waals surface area contributed by atoms with E-state index < -0.39 is 0 Å². The summed E-state index contributed by atoms with van der Waals surface area (Å²) < 4.78 is 3.66. The number of H-pyrrole nitrogens is 1. The monoisotopic (exact) mass is 484 g/mol. The second-order valence-electron chi connectivity index (χ2n) is 10.1. The maximum atomic E-state index is 12.9. The van der Waals surface area contributed by atoms with Gasteiger partial charge in [-0.05, 0) is 39.5 Å². The fourth-order valence-electron chi connectivity index (χ4n) is 5.49. The second-order valence-corrected chi connectivity index (χ2v) is 10.1. The van der Waals surface area contributed by atoms with Crippen molar-refractivity contribution >= 4 is 0 Å². The zero-order valence-corrected chi connectivity index (χ0v) is 21.0. The number of aromatic amines is 1. The third-order valence-electron chi connectivity index (χ3n) is 7.55. The van der Waals surface area contributed by atoms with Gasteiger partial charge in [-0.1, -0.05) is 106 Å². The predicted octanol–water partition coefficient (Wildman–Crippen LogP) is 6.08. The van der Waals surface area contributed by atoms with Gasteiger partial charge in [0.15, 0.2) is 5.82 Å². The Morgan fingerprint density at radius 2 is 1.58 bits per heavy atom. The van der Waals surface area contributed by atoms with Crippen molar-refractivity contribution < 1.29 is 0 Å². The smallest absolute Gasteiger partial charge is 0.299 e. The van der Waals surface area contributed by atoms with Crippen molar-refractivity contribution in [2.45, 2.75) is 77.3 Å². The van der Waals surface area contributed by atoms with Crippen LogP contribution in [0.25, 0.3) is 22.5 Å². The lowest BCUT2D eigenvalue weighted by Gasteiger charge is -2.21. The van der Waals surface area contributed by atoms with Crippen LogP contribution in [0.2, 0.25) is 0 Å². The number of nitrogens with zero attached hydrogens (tertiary/aromatic N) is 5. The van der Waals surface area contributed by atoms with Crippen molar-refractivity contribution in [3.8, 4) is 22.5 Å². The highest BCUT2D eigenvalue weighted by Gasteiger charge is 2.13. The molecule has 1 fully saturated rings. The summed E-state index contributed by atoms with van der Waals surface area (Å²) in [4.78, 5) is 12.9. The number of nitrogens with one attached hydrogen (secondary N) is 1. The highest BCUT2D eigenvalue weighted by Crippen LogP contribution is 2.30. The van der Waals surface area contributed by atoms with Gasteiger partial charge in [-0.2, -0.15) is 0 Å². The summed E-state index contributed by atoms with van der Waals surface area (Å²) >= 11 is 0. The van der Waals surface area contributed by atoms with Gasteiger partial charge in [-0.15, -0.1) is 5.10 Å². The van der Waals surface area contributed by atoms with Crippen molar-refractivity contribution in [2.75, 3.05) is 0 Å². The molecule has 0 unspecified atom stereocenters. The molecule has 0 aliphatic heterocycles. The van der Waals surface area contributed by atoms with Crippen molar-refractivity contribution in [1.82, 2.24) is 29.8 Å². The summed E-state index contributed by atoms with van der Waals surface area (Å²) in [5.74, 6) is 1.62. The number of rotatable bonds is 11. The van der Waals surface area contributed by atoms with E-state index in [0.717, 1.165) is 41.1 Å². The second kappa shape index (κ2) is 12.0. The normalized spacial score (nSPS) is 14.3. The average molecular weight is 485 g/mol. The highest BCUT2D eigenvalue weighted by molar-refractivity contribution is 5.80. The Morgan fingerprint density at radius 1 is 0.833 bits per heavy atom.